The van der Waals surface area contributed by atoms with E-state index < -0.39 is 0 Å². The van der Waals surface area contributed by atoms with Gasteiger partial charge in [-0.05, 0) is 66.8 Å². The first kappa shape index (κ1) is 16.3. The lowest BCUT2D eigenvalue weighted by Crippen LogP contribution is -1.94. The van der Waals surface area contributed by atoms with Crippen LogP contribution in [0.4, 0.5) is 5.69 Å². The van der Waals surface area contributed by atoms with E-state index >= 15 is 0 Å². The standard InChI is InChI=1S/C20H25NO/c1-3-5-6-17-7-11-19(12-8-17)21-16-18-9-13-20(14-10-18)22-15-4-2/h7-14,16H,3-6,15H2,1-2H3. The highest BCUT2D eigenvalue weighted by Crippen LogP contribution is 2.16. The maximum Gasteiger partial charge on any atom is 0.119 e. The first-order chi connectivity index (χ1) is 10.8. The van der Waals surface area contributed by atoms with Gasteiger partial charge in [0.2, 0.25) is 0 Å². The highest BCUT2D eigenvalue weighted by Gasteiger charge is 1.95. The molecule has 0 N–H and O–H groups in total. The van der Waals surface area contributed by atoms with Gasteiger partial charge in [-0.25, -0.2) is 0 Å². The van der Waals surface area contributed by atoms with E-state index in [4.69, 9.17) is 4.74 Å². The Hall–Kier alpha value is -2.09. The lowest BCUT2D eigenvalue weighted by Gasteiger charge is -2.04. The molecular weight excluding hydrogens is 270 g/mol. The minimum absolute atomic E-state index is 0.762. The summed E-state index contributed by atoms with van der Waals surface area (Å²) in [5, 5.41) is 0. The van der Waals surface area contributed by atoms with Crippen LogP contribution in [0.2, 0.25) is 0 Å². The first-order valence-electron chi connectivity index (χ1n) is 8.17. The topological polar surface area (TPSA) is 21.6 Å². The third kappa shape index (κ3) is 5.36. The van der Waals surface area contributed by atoms with Crippen molar-refractivity contribution < 1.29 is 4.74 Å². The molecule has 0 radical (unpaired) electrons. The van der Waals surface area contributed by atoms with Crippen molar-refractivity contribution in [1.82, 2.24) is 0 Å². The second-order valence-corrected chi connectivity index (χ2v) is 5.45. The van der Waals surface area contributed by atoms with E-state index in [1.54, 1.807) is 0 Å². The third-order valence-electron chi connectivity index (χ3n) is 3.47. The van der Waals surface area contributed by atoms with Gasteiger partial charge in [0.25, 0.3) is 0 Å². The van der Waals surface area contributed by atoms with Gasteiger partial charge in [0.1, 0.15) is 5.75 Å². The van der Waals surface area contributed by atoms with E-state index in [9.17, 15) is 0 Å². The maximum atomic E-state index is 5.57. The summed E-state index contributed by atoms with van der Waals surface area (Å²) < 4.78 is 5.57. The van der Waals surface area contributed by atoms with Crippen molar-refractivity contribution in [3.63, 3.8) is 0 Å². The summed E-state index contributed by atoms with van der Waals surface area (Å²) in [7, 11) is 0. The Labute approximate surface area is 133 Å². The predicted octanol–water partition coefficient (Wildman–Crippen LogP) is 5.57. The second kappa shape index (κ2) is 9.04. The van der Waals surface area contributed by atoms with Crippen LogP contribution in [-0.4, -0.2) is 12.8 Å². The summed E-state index contributed by atoms with van der Waals surface area (Å²) in [6, 6.07) is 16.6. The summed E-state index contributed by atoms with van der Waals surface area (Å²) in [6.07, 6.45) is 6.55. The van der Waals surface area contributed by atoms with Crippen molar-refractivity contribution in [3.05, 3.63) is 59.7 Å². The SMILES string of the molecule is CCCCc1ccc(N=Cc2ccc(OCCC)cc2)cc1. The van der Waals surface area contributed by atoms with Crippen LogP contribution in [0.1, 0.15) is 44.2 Å². The van der Waals surface area contributed by atoms with Crippen LogP contribution >= 0.6 is 0 Å². The Kier molecular flexibility index (Phi) is 6.69. The van der Waals surface area contributed by atoms with Gasteiger partial charge in [-0.15, -0.1) is 0 Å². The van der Waals surface area contributed by atoms with E-state index in [2.05, 4.69) is 43.1 Å². The number of aryl methyl sites for hydroxylation is 1. The average Bonchev–Trinajstić information content (AvgIpc) is 2.58. The Bertz CT molecular complexity index is 516. The number of ether oxygens (including phenoxy) is 1. The first-order valence-corrected chi connectivity index (χ1v) is 8.17. The van der Waals surface area contributed by atoms with Crippen LogP contribution < -0.4 is 4.74 Å². The summed E-state index contributed by atoms with van der Waals surface area (Å²) in [5.41, 5.74) is 3.46. The second-order valence-electron chi connectivity index (χ2n) is 5.45. The number of aliphatic imine (C=N–C) groups is 1. The number of hydrogen-bond donors (Lipinski definition) is 0. The van der Waals surface area contributed by atoms with Crippen LogP contribution in [0, 0.1) is 0 Å². The van der Waals surface area contributed by atoms with Crippen molar-refractivity contribution in [1.29, 1.82) is 0 Å². The summed E-state index contributed by atoms with van der Waals surface area (Å²) in [6.45, 7) is 5.09. The van der Waals surface area contributed by atoms with E-state index in [1.165, 1.54) is 18.4 Å². The summed E-state index contributed by atoms with van der Waals surface area (Å²) >= 11 is 0. The van der Waals surface area contributed by atoms with Gasteiger partial charge >= 0.3 is 0 Å². The van der Waals surface area contributed by atoms with Gasteiger partial charge < -0.3 is 4.74 Å². The van der Waals surface area contributed by atoms with Gasteiger partial charge in [0.05, 0.1) is 12.3 Å². The molecule has 0 saturated heterocycles. The monoisotopic (exact) mass is 295 g/mol. The van der Waals surface area contributed by atoms with Gasteiger partial charge in [0.15, 0.2) is 0 Å². The average molecular weight is 295 g/mol. The van der Waals surface area contributed by atoms with Crippen LogP contribution in [0.5, 0.6) is 5.75 Å². The molecule has 0 aromatic heterocycles. The molecule has 0 atom stereocenters. The molecule has 2 aromatic carbocycles. The summed E-state index contributed by atoms with van der Waals surface area (Å²) in [4.78, 5) is 4.52. The van der Waals surface area contributed by atoms with Crippen LogP contribution in [-0.2, 0) is 6.42 Å². The fraction of sp³-hybridized carbons (Fsp3) is 0.350. The molecule has 0 aliphatic carbocycles. The van der Waals surface area contributed by atoms with Gasteiger partial charge in [-0.1, -0.05) is 32.4 Å². The molecule has 0 aliphatic heterocycles. The van der Waals surface area contributed by atoms with Crippen molar-refractivity contribution in [2.75, 3.05) is 6.61 Å². The largest absolute Gasteiger partial charge is 0.494 e. The fourth-order valence-corrected chi connectivity index (χ4v) is 2.15. The number of hydrogen-bond acceptors (Lipinski definition) is 2. The molecule has 0 spiro atoms. The van der Waals surface area contributed by atoms with Crippen molar-refractivity contribution in [2.45, 2.75) is 39.5 Å². The number of rotatable bonds is 8. The molecule has 0 aliphatic rings. The van der Waals surface area contributed by atoms with E-state index in [0.29, 0.717) is 0 Å². The van der Waals surface area contributed by atoms with E-state index in [1.807, 2.05) is 30.5 Å². The minimum atomic E-state index is 0.762. The van der Waals surface area contributed by atoms with Crippen LogP contribution in [0.25, 0.3) is 0 Å². The fourth-order valence-electron chi connectivity index (χ4n) is 2.15. The highest BCUT2D eigenvalue weighted by atomic mass is 16.5. The van der Waals surface area contributed by atoms with E-state index in [-0.39, 0.29) is 0 Å². The van der Waals surface area contributed by atoms with Gasteiger partial charge in [-0.3, -0.25) is 4.99 Å². The molecule has 2 rings (SSSR count). The van der Waals surface area contributed by atoms with Crippen molar-refractivity contribution >= 4 is 11.9 Å². The Balaban J connectivity index is 1.93. The zero-order valence-corrected chi connectivity index (χ0v) is 13.6. The zero-order chi connectivity index (χ0) is 15.6. The quantitative estimate of drug-likeness (QED) is 0.583. The van der Waals surface area contributed by atoms with Crippen LogP contribution in [0.15, 0.2) is 53.5 Å². The molecule has 0 fully saturated rings. The Morgan fingerprint density at radius 3 is 2.27 bits per heavy atom. The van der Waals surface area contributed by atoms with Crippen molar-refractivity contribution in [2.24, 2.45) is 4.99 Å². The molecule has 0 unspecified atom stereocenters. The smallest absolute Gasteiger partial charge is 0.119 e. The minimum Gasteiger partial charge on any atom is -0.494 e. The van der Waals surface area contributed by atoms with Gasteiger partial charge in [-0.2, -0.15) is 0 Å². The molecule has 0 bridgehead atoms. The normalized spacial score (nSPS) is 11.0. The highest BCUT2D eigenvalue weighted by molar-refractivity contribution is 5.82. The lowest BCUT2D eigenvalue weighted by atomic mass is 10.1. The number of nitrogens with zero attached hydrogens (tertiary/aromatic N) is 1. The third-order valence-corrected chi connectivity index (χ3v) is 3.47. The Morgan fingerprint density at radius 2 is 1.64 bits per heavy atom. The number of benzene rings is 2. The maximum absolute atomic E-state index is 5.57. The van der Waals surface area contributed by atoms with Crippen LogP contribution in [0.3, 0.4) is 0 Å². The number of unbranched alkanes of at least 4 members (excludes halogenated alkanes) is 1. The molecule has 0 heterocycles. The Morgan fingerprint density at radius 1 is 0.909 bits per heavy atom. The molecule has 2 aromatic rings. The van der Waals surface area contributed by atoms with Gasteiger partial charge in [0, 0.05) is 6.21 Å². The molecule has 2 nitrogen and oxygen atoms in total. The van der Waals surface area contributed by atoms with E-state index in [0.717, 1.165) is 36.4 Å². The predicted molar refractivity (Wildman–Crippen MR) is 94.5 cm³/mol. The molecule has 22 heavy (non-hydrogen) atoms. The molecule has 2 heteroatoms. The van der Waals surface area contributed by atoms with Crippen molar-refractivity contribution in [3.8, 4) is 5.75 Å². The molecule has 0 amide bonds. The molecule has 116 valence electrons. The molecule has 0 saturated carbocycles. The molecular formula is C20H25NO. The zero-order valence-electron chi connectivity index (χ0n) is 13.6. The summed E-state index contributed by atoms with van der Waals surface area (Å²) in [5.74, 6) is 0.916. The lowest BCUT2D eigenvalue weighted by molar-refractivity contribution is 0.317.